The molecular formula is C23H17ClN2O3S. The molecule has 2 aromatic heterocycles. The van der Waals surface area contributed by atoms with Gasteiger partial charge in [-0.05, 0) is 35.2 Å². The third kappa shape index (κ3) is 2.87. The number of anilines is 1. The fourth-order valence-electron chi connectivity index (χ4n) is 3.86. The molecule has 3 heterocycles. The third-order valence-corrected chi connectivity index (χ3v) is 6.38. The molecule has 5 nitrogen and oxygen atoms in total. The molecular weight excluding hydrogens is 420 g/mol. The lowest BCUT2D eigenvalue weighted by Gasteiger charge is -2.23. The van der Waals surface area contributed by atoms with Crippen LogP contribution in [0.2, 0.25) is 5.02 Å². The quantitative estimate of drug-likeness (QED) is 0.408. The number of halogens is 1. The number of rotatable bonds is 3. The molecule has 0 radical (unpaired) electrons. The highest BCUT2D eigenvalue weighted by Gasteiger charge is 2.44. The van der Waals surface area contributed by atoms with Crippen LogP contribution >= 0.6 is 22.9 Å². The number of benzene rings is 2. The molecule has 150 valence electrons. The molecule has 1 aliphatic rings. The van der Waals surface area contributed by atoms with Gasteiger partial charge in [-0.25, -0.2) is 4.98 Å². The van der Waals surface area contributed by atoms with Gasteiger partial charge in [0, 0.05) is 16.6 Å². The van der Waals surface area contributed by atoms with Crippen molar-refractivity contribution in [3.8, 4) is 0 Å². The van der Waals surface area contributed by atoms with Gasteiger partial charge < -0.3 is 4.42 Å². The summed E-state index contributed by atoms with van der Waals surface area (Å²) in [4.78, 5) is 32.7. The Labute approximate surface area is 181 Å². The second-order valence-corrected chi connectivity index (χ2v) is 8.84. The van der Waals surface area contributed by atoms with Gasteiger partial charge in [0.2, 0.25) is 5.76 Å². The lowest BCUT2D eigenvalue weighted by atomic mass is 9.95. The Morgan fingerprint density at radius 2 is 1.90 bits per heavy atom. The van der Waals surface area contributed by atoms with E-state index in [1.165, 1.54) is 16.9 Å². The van der Waals surface area contributed by atoms with Gasteiger partial charge in [-0.2, -0.15) is 0 Å². The number of hydrogen-bond donors (Lipinski definition) is 0. The second-order valence-electron chi connectivity index (χ2n) is 7.53. The zero-order chi connectivity index (χ0) is 21.0. The molecule has 0 N–H and O–H groups in total. The fraction of sp³-hybridized carbons (Fsp3) is 0.174. The number of carbonyl (C=O) groups excluding carboxylic acids is 1. The molecule has 5 rings (SSSR count). The Kier molecular flexibility index (Phi) is 4.49. The van der Waals surface area contributed by atoms with Crippen molar-refractivity contribution in [3.05, 3.63) is 91.7 Å². The highest BCUT2D eigenvalue weighted by molar-refractivity contribution is 7.13. The van der Waals surface area contributed by atoms with E-state index in [-0.39, 0.29) is 17.1 Å². The number of amides is 1. The first-order valence-electron chi connectivity index (χ1n) is 9.55. The van der Waals surface area contributed by atoms with E-state index in [1.54, 1.807) is 34.7 Å². The Hall–Kier alpha value is -2.96. The SMILES string of the molecule is CC(C)c1ccc([C@@H]2c3c(oc4ccc(Cl)cc4c3=O)C(=O)N2c2nccs2)cc1. The van der Waals surface area contributed by atoms with Crippen LogP contribution in [0.1, 0.15) is 53.1 Å². The molecule has 0 aliphatic carbocycles. The minimum atomic E-state index is -0.612. The zero-order valence-electron chi connectivity index (χ0n) is 16.3. The molecule has 0 bridgehead atoms. The van der Waals surface area contributed by atoms with Crippen LogP contribution in [0.4, 0.5) is 5.13 Å². The van der Waals surface area contributed by atoms with E-state index in [0.717, 1.165) is 5.56 Å². The van der Waals surface area contributed by atoms with Gasteiger partial charge in [0.1, 0.15) is 5.58 Å². The normalized spacial score (nSPS) is 15.9. The van der Waals surface area contributed by atoms with Crippen molar-refractivity contribution in [3.63, 3.8) is 0 Å². The minimum Gasteiger partial charge on any atom is -0.450 e. The van der Waals surface area contributed by atoms with Gasteiger partial charge in [-0.15, -0.1) is 11.3 Å². The number of thiazole rings is 1. The van der Waals surface area contributed by atoms with E-state index in [1.807, 2.05) is 24.3 Å². The van der Waals surface area contributed by atoms with Crippen molar-refractivity contribution >= 4 is 44.9 Å². The summed E-state index contributed by atoms with van der Waals surface area (Å²) in [5.41, 5.74) is 2.42. The largest absolute Gasteiger partial charge is 0.450 e. The molecule has 0 saturated carbocycles. The topological polar surface area (TPSA) is 63.4 Å². The van der Waals surface area contributed by atoms with Crippen LogP contribution in [0.15, 0.2) is 63.3 Å². The molecule has 30 heavy (non-hydrogen) atoms. The highest BCUT2D eigenvalue weighted by atomic mass is 35.5. The molecule has 0 fully saturated rings. The maximum atomic E-state index is 13.5. The van der Waals surface area contributed by atoms with Gasteiger partial charge in [0.25, 0.3) is 5.91 Å². The van der Waals surface area contributed by atoms with Crippen LogP contribution in [0, 0.1) is 0 Å². The summed E-state index contributed by atoms with van der Waals surface area (Å²) in [6, 6.07) is 12.2. The van der Waals surface area contributed by atoms with Crippen molar-refractivity contribution in [2.75, 3.05) is 4.90 Å². The fourth-order valence-corrected chi connectivity index (χ4v) is 4.70. The average molecular weight is 437 g/mol. The van der Waals surface area contributed by atoms with Crippen molar-refractivity contribution in [2.24, 2.45) is 0 Å². The van der Waals surface area contributed by atoms with Gasteiger partial charge in [-0.1, -0.05) is 49.7 Å². The van der Waals surface area contributed by atoms with Crippen LogP contribution in [-0.4, -0.2) is 10.9 Å². The predicted molar refractivity (Wildman–Crippen MR) is 119 cm³/mol. The number of carbonyl (C=O) groups is 1. The van der Waals surface area contributed by atoms with Crippen LogP contribution in [0.25, 0.3) is 11.0 Å². The molecule has 2 aromatic carbocycles. The van der Waals surface area contributed by atoms with Gasteiger partial charge >= 0.3 is 0 Å². The van der Waals surface area contributed by atoms with Crippen LogP contribution in [0.5, 0.6) is 0 Å². The summed E-state index contributed by atoms with van der Waals surface area (Å²) in [5.74, 6) is 0.0672. The Bertz CT molecular complexity index is 1330. The number of nitrogens with zero attached hydrogens (tertiary/aromatic N) is 2. The smallest absolute Gasteiger partial charge is 0.297 e. The van der Waals surface area contributed by atoms with Crippen molar-refractivity contribution in [1.29, 1.82) is 0 Å². The van der Waals surface area contributed by atoms with Crippen LogP contribution in [0.3, 0.4) is 0 Å². The van der Waals surface area contributed by atoms with Crippen molar-refractivity contribution in [2.45, 2.75) is 25.8 Å². The lowest BCUT2D eigenvalue weighted by Crippen LogP contribution is -2.29. The first-order valence-corrected chi connectivity index (χ1v) is 10.8. The average Bonchev–Trinajstić information content (AvgIpc) is 3.35. The second kappa shape index (κ2) is 7.07. The van der Waals surface area contributed by atoms with Crippen LogP contribution < -0.4 is 10.3 Å². The van der Waals surface area contributed by atoms with E-state index in [4.69, 9.17) is 16.0 Å². The van der Waals surface area contributed by atoms with Crippen molar-refractivity contribution in [1.82, 2.24) is 4.98 Å². The van der Waals surface area contributed by atoms with Gasteiger partial charge in [0.05, 0.1) is 17.0 Å². The standard InChI is InChI=1S/C23H17ClN2O3S/c1-12(2)13-3-5-14(6-4-13)19-18-20(27)16-11-15(24)7-8-17(16)29-21(18)22(28)26(19)23-25-9-10-30-23/h3-12,19H,1-2H3/t19-/m1/s1. The molecule has 1 amide bonds. The molecule has 1 atom stereocenters. The van der Waals surface area contributed by atoms with Crippen LogP contribution in [-0.2, 0) is 0 Å². The third-order valence-electron chi connectivity index (χ3n) is 5.38. The molecule has 0 unspecified atom stereocenters. The molecule has 7 heteroatoms. The Morgan fingerprint density at radius 3 is 2.57 bits per heavy atom. The highest BCUT2D eigenvalue weighted by Crippen LogP contribution is 2.42. The first kappa shape index (κ1) is 19.0. The number of aromatic nitrogens is 1. The van der Waals surface area contributed by atoms with E-state index in [9.17, 15) is 9.59 Å². The number of hydrogen-bond acceptors (Lipinski definition) is 5. The molecule has 0 spiro atoms. The van der Waals surface area contributed by atoms with Gasteiger partial charge in [-0.3, -0.25) is 14.5 Å². The summed E-state index contributed by atoms with van der Waals surface area (Å²) in [6.45, 7) is 4.24. The maximum absolute atomic E-state index is 13.5. The Morgan fingerprint density at radius 1 is 1.13 bits per heavy atom. The zero-order valence-corrected chi connectivity index (χ0v) is 17.8. The monoisotopic (exact) mass is 436 g/mol. The predicted octanol–water partition coefficient (Wildman–Crippen LogP) is 5.78. The summed E-state index contributed by atoms with van der Waals surface area (Å²) >= 11 is 7.46. The summed E-state index contributed by atoms with van der Waals surface area (Å²) < 4.78 is 5.92. The van der Waals surface area contributed by atoms with E-state index in [2.05, 4.69) is 18.8 Å². The summed E-state index contributed by atoms with van der Waals surface area (Å²) in [7, 11) is 0. The summed E-state index contributed by atoms with van der Waals surface area (Å²) in [6.07, 6.45) is 1.64. The van der Waals surface area contributed by atoms with Crippen molar-refractivity contribution < 1.29 is 9.21 Å². The minimum absolute atomic E-state index is 0.0583. The number of fused-ring (bicyclic) bond motifs is 2. The van der Waals surface area contributed by atoms with E-state index < -0.39 is 6.04 Å². The van der Waals surface area contributed by atoms with E-state index in [0.29, 0.717) is 32.6 Å². The van der Waals surface area contributed by atoms with Gasteiger partial charge in [0.15, 0.2) is 10.6 Å². The first-order chi connectivity index (χ1) is 14.5. The lowest BCUT2D eigenvalue weighted by molar-refractivity contribution is 0.0971. The maximum Gasteiger partial charge on any atom is 0.297 e. The Balaban J connectivity index is 1.78. The molecule has 4 aromatic rings. The summed E-state index contributed by atoms with van der Waals surface area (Å²) in [5, 5.41) is 3.12. The molecule has 1 aliphatic heterocycles. The molecule has 0 saturated heterocycles. The van der Waals surface area contributed by atoms with E-state index >= 15 is 0 Å².